The number of ketones is 1. The van der Waals surface area contributed by atoms with E-state index in [0.29, 0.717) is 30.8 Å². The van der Waals surface area contributed by atoms with Gasteiger partial charge in [-0.2, -0.15) is 0 Å². The number of aliphatic hydroxyl groups excluding tert-OH is 3. The van der Waals surface area contributed by atoms with E-state index in [4.69, 9.17) is 4.74 Å². The number of benzene rings is 1. The minimum atomic E-state index is -1.21. The Balaban J connectivity index is 1.74. The number of rotatable bonds is 13. The van der Waals surface area contributed by atoms with Crippen LogP contribution in [-0.4, -0.2) is 70.6 Å². The van der Waals surface area contributed by atoms with Crippen LogP contribution in [0.2, 0.25) is 0 Å². The zero-order valence-electron chi connectivity index (χ0n) is 19.9. The molecule has 1 aliphatic heterocycles. The number of aromatic amines is 1. The van der Waals surface area contributed by atoms with E-state index in [9.17, 15) is 24.9 Å². The average Bonchev–Trinajstić information content (AvgIpc) is 3.43. The number of methoxy groups -OCH3 is 1. The molecule has 10 heteroatoms. The van der Waals surface area contributed by atoms with E-state index in [1.165, 1.54) is 0 Å². The van der Waals surface area contributed by atoms with Crippen molar-refractivity contribution in [3.8, 4) is 5.75 Å². The highest BCUT2D eigenvalue weighted by Crippen LogP contribution is 2.28. The summed E-state index contributed by atoms with van der Waals surface area (Å²) in [6.07, 6.45) is -1.05. The number of nitrogens with one attached hydrogen (secondary N) is 4. The van der Waals surface area contributed by atoms with Gasteiger partial charge in [0.05, 0.1) is 18.8 Å². The van der Waals surface area contributed by atoms with Crippen molar-refractivity contribution in [1.82, 2.24) is 20.9 Å². The quantitative estimate of drug-likeness (QED) is 0.207. The predicted octanol–water partition coefficient (Wildman–Crippen LogP) is 0.536. The minimum absolute atomic E-state index is 0.131. The molecule has 10 nitrogen and oxygen atoms in total. The Kier molecular flexibility index (Phi) is 9.03. The Bertz CT molecular complexity index is 978. The smallest absolute Gasteiger partial charge is 0.223 e. The van der Waals surface area contributed by atoms with Gasteiger partial charge in [0.1, 0.15) is 24.8 Å². The van der Waals surface area contributed by atoms with Crippen LogP contribution in [0.1, 0.15) is 45.0 Å². The van der Waals surface area contributed by atoms with Crippen LogP contribution in [0.25, 0.3) is 10.9 Å². The molecule has 1 aromatic carbocycles. The van der Waals surface area contributed by atoms with Gasteiger partial charge in [-0.15, -0.1) is 0 Å². The monoisotopic (exact) mass is 476 g/mol. The second-order valence-corrected chi connectivity index (χ2v) is 9.25. The molecule has 0 bridgehead atoms. The Labute approximate surface area is 199 Å². The molecule has 3 rings (SSSR count). The number of aromatic nitrogens is 1. The van der Waals surface area contributed by atoms with Crippen molar-refractivity contribution in [1.29, 1.82) is 0 Å². The minimum Gasteiger partial charge on any atom is -0.496 e. The number of ether oxygens (including phenoxy) is 1. The van der Waals surface area contributed by atoms with Crippen molar-refractivity contribution >= 4 is 22.6 Å². The van der Waals surface area contributed by atoms with E-state index in [-0.39, 0.29) is 24.2 Å². The molecule has 1 fully saturated rings. The van der Waals surface area contributed by atoms with Crippen LogP contribution < -0.4 is 20.7 Å². The molecule has 1 aromatic heterocycles. The van der Waals surface area contributed by atoms with Gasteiger partial charge in [-0.3, -0.25) is 20.2 Å². The van der Waals surface area contributed by atoms with Crippen LogP contribution in [0.5, 0.6) is 5.75 Å². The standard InChI is InChI=1S/C24H36N4O6/c1-13(2)9-18(23(32)27-17(20(30)12-29)10-14-7-8-25-22(14)31)28-24(33)19-11-15-16(26-19)5-4-6-21(15)34-3/h4-6,11,13-14,17-18,23-24,26-29,32-33H,7-10,12H2,1-3H3,(H,25,31)/t14-,17-,18-,23?,24?/m0/s1. The highest BCUT2D eigenvalue weighted by molar-refractivity contribution is 5.87. The van der Waals surface area contributed by atoms with Gasteiger partial charge in [0, 0.05) is 29.4 Å². The number of H-pyrrole nitrogens is 1. The fourth-order valence-corrected chi connectivity index (χ4v) is 4.44. The average molecular weight is 477 g/mol. The van der Waals surface area contributed by atoms with Crippen LogP contribution in [0.3, 0.4) is 0 Å². The van der Waals surface area contributed by atoms with Crippen molar-refractivity contribution in [2.24, 2.45) is 11.8 Å². The van der Waals surface area contributed by atoms with Gasteiger partial charge < -0.3 is 30.4 Å². The summed E-state index contributed by atoms with van der Waals surface area (Å²) in [6.45, 7) is 3.83. The van der Waals surface area contributed by atoms with Crippen molar-refractivity contribution in [2.75, 3.05) is 20.3 Å². The summed E-state index contributed by atoms with van der Waals surface area (Å²) in [5.41, 5.74) is 1.31. The third-order valence-electron chi connectivity index (χ3n) is 6.24. The van der Waals surface area contributed by atoms with Crippen molar-refractivity contribution in [2.45, 2.75) is 57.6 Å². The zero-order chi connectivity index (χ0) is 24.8. The number of fused-ring (bicyclic) bond motifs is 1. The van der Waals surface area contributed by atoms with Gasteiger partial charge in [-0.1, -0.05) is 19.9 Å². The molecule has 2 aromatic rings. The van der Waals surface area contributed by atoms with E-state index in [1.807, 2.05) is 32.0 Å². The number of hydrogen-bond acceptors (Lipinski definition) is 8. The van der Waals surface area contributed by atoms with E-state index >= 15 is 0 Å². The highest BCUT2D eigenvalue weighted by atomic mass is 16.5. The second-order valence-electron chi connectivity index (χ2n) is 9.25. The fourth-order valence-electron chi connectivity index (χ4n) is 4.44. The molecule has 1 saturated heterocycles. The van der Waals surface area contributed by atoms with Gasteiger partial charge in [0.15, 0.2) is 5.78 Å². The molecule has 0 radical (unpaired) electrons. The number of hydrogen-bond donors (Lipinski definition) is 7. The molecular formula is C24H36N4O6. The molecule has 34 heavy (non-hydrogen) atoms. The second kappa shape index (κ2) is 11.8. The first-order valence-electron chi connectivity index (χ1n) is 11.7. The largest absolute Gasteiger partial charge is 0.496 e. The number of amides is 1. The first kappa shape index (κ1) is 26.1. The molecule has 7 N–H and O–H groups in total. The molecule has 1 amide bonds. The van der Waals surface area contributed by atoms with Crippen LogP contribution >= 0.6 is 0 Å². The summed E-state index contributed by atoms with van der Waals surface area (Å²) in [5, 5.41) is 40.8. The molecule has 1 aliphatic rings. The van der Waals surface area contributed by atoms with E-state index in [1.54, 1.807) is 13.2 Å². The number of Topliss-reactive ketones (excluding diaryl/α,β-unsaturated/α-hetero) is 1. The molecule has 0 spiro atoms. The maximum Gasteiger partial charge on any atom is 0.223 e. The fraction of sp³-hybridized carbons (Fsp3) is 0.583. The lowest BCUT2D eigenvalue weighted by atomic mass is 9.95. The third-order valence-corrected chi connectivity index (χ3v) is 6.24. The van der Waals surface area contributed by atoms with E-state index in [2.05, 4.69) is 20.9 Å². The summed E-state index contributed by atoms with van der Waals surface area (Å²) in [6, 6.07) is 5.83. The van der Waals surface area contributed by atoms with Crippen LogP contribution in [0.4, 0.5) is 0 Å². The maximum absolute atomic E-state index is 12.3. The van der Waals surface area contributed by atoms with E-state index < -0.39 is 36.9 Å². The molecule has 5 atom stereocenters. The van der Waals surface area contributed by atoms with Crippen molar-refractivity contribution in [3.63, 3.8) is 0 Å². The Morgan fingerprint density at radius 3 is 2.65 bits per heavy atom. The number of carbonyl (C=O) groups is 2. The zero-order valence-corrected chi connectivity index (χ0v) is 19.9. The summed E-state index contributed by atoms with van der Waals surface area (Å²) in [7, 11) is 1.58. The van der Waals surface area contributed by atoms with Gasteiger partial charge in [0.2, 0.25) is 5.91 Å². The number of aliphatic hydroxyl groups is 3. The number of carbonyl (C=O) groups excluding carboxylic acids is 2. The summed E-state index contributed by atoms with van der Waals surface area (Å²) in [4.78, 5) is 27.5. The molecule has 0 aliphatic carbocycles. The van der Waals surface area contributed by atoms with Crippen molar-refractivity contribution in [3.05, 3.63) is 30.0 Å². The lowest BCUT2D eigenvalue weighted by Crippen LogP contribution is -2.55. The predicted molar refractivity (Wildman–Crippen MR) is 127 cm³/mol. The van der Waals surface area contributed by atoms with Gasteiger partial charge in [-0.05, 0) is 43.4 Å². The Morgan fingerprint density at radius 2 is 2.03 bits per heavy atom. The summed E-state index contributed by atoms with van der Waals surface area (Å²) >= 11 is 0. The molecule has 188 valence electrons. The molecule has 2 heterocycles. The first-order chi connectivity index (χ1) is 16.2. The van der Waals surface area contributed by atoms with Gasteiger partial charge in [0.25, 0.3) is 0 Å². The van der Waals surface area contributed by atoms with Crippen LogP contribution in [0, 0.1) is 11.8 Å². The van der Waals surface area contributed by atoms with Crippen LogP contribution in [0.15, 0.2) is 24.3 Å². The molecule has 0 saturated carbocycles. The third kappa shape index (κ3) is 6.34. The topological polar surface area (TPSA) is 156 Å². The first-order valence-corrected chi connectivity index (χ1v) is 11.7. The van der Waals surface area contributed by atoms with Gasteiger partial charge in [-0.25, -0.2) is 0 Å². The molecular weight excluding hydrogens is 440 g/mol. The van der Waals surface area contributed by atoms with E-state index in [0.717, 1.165) is 10.9 Å². The Morgan fingerprint density at radius 1 is 1.26 bits per heavy atom. The Hall–Kier alpha value is -2.50. The lowest BCUT2D eigenvalue weighted by Gasteiger charge is -2.31. The summed E-state index contributed by atoms with van der Waals surface area (Å²) in [5.74, 6) is -0.131. The van der Waals surface area contributed by atoms with Crippen molar-refractivity contribution < 1.29 is 29.6 Å². The van der Waals surface area contributed by atoms with Crippen LogP contribution in [-0.2, 0) is 9.59 Å². The lowest BCUT2D eigenvalue weighted by molar-refractivity contribution is -0.127. The SMILES string of the molecule is COc1cccc2[nH]c(C(O)N[C@@H](CC(C)C)C(O)N[C@@H](C[C@@H]3CCNC3=O)C(=O)CO)cc12. The summed E-state index contributed by atoms with van der Waals surface area (Å²) < 4.78 is 5.38. The normalized spacial score (nSPS) is 19.7. The highest BCUT2D eigenvalue weighted by Gasteiger charge is 2.33. The maximum atomic E-state index is 12.3. The van der Waals surface area contributed by atoms with Gasteiger partial charge >= 0.3 is 0 Å². The molecule has 2 unspecified atom stereocenters.